The topological polar surface area (TPSA) is 102 Å². The highest BCUT2D eigenvalue weighted by Crippen LogP contribution is 2.34. The number of hydrogen-bond acceptors (Lipinski definition) is 6. The first-order valence-corrected chi connectivity index (χ1v) is 11.6. The van der Waals surface area contributed by atoms with Gasteiger partial charge in [0.1, 0.15) is 11.5 Å². The average Bonchev–Trinajstić information content (AvgIpc) is 3.00. The first-order chi connectivity index (χ1) is 13.2. The first kappa shape index (κ1) is 20.3. The molecule has 1 saturated heterocycles. The largest absolute Gasteiger partial charge is 0.496 e. The molecule has 1 heterocycles. The van der Waals surface area contributed by atoms with E-state index < -0.39 is 20.0 Å². The molecule has 0 amide bonds. The van der Waals surface area contributed by atoms with Crippen molar-refractivity contribution in [2.75, 3.05) is 35.5 Å². The van der Waals surface area contributed by atoms with Crippen molar-refractivity contribution in [3.8, 4) is 11.5 Å². The van der Waals surface area contributed by atoms with Gasteiger partial charge in [-0.25, -0.2) is 16.8 Å². The molecule has 0 aromatic heterocycles. The predicted molar refractivity (Wildman–Crippen MR) is 107 cm³/mol. The monoisotopic (exact) mass is 426 g/mol. The average molecular weight is 427 g/mol. The van der Waals surface area contributed by atoms with Crippen LogP contribution in [0.5, 0.6) is 11.5 Å². The van der Waals surface area contributed by atoms with E-state index in [4.69, 9.17) is 9.47 Å². The van der Waals surface area contributed by atoms with Crippen molar-refractivity contribution in [2.24, 2.45) is 0 Å². The van der Waals surface area contributed by atoms with Gasteiger partial charge in [0, 0.05) is 6.54 Å². The van der Waals surface area contributed by atoms with E-state index in [1.807, 2.05) is 0 Å². The maximum atomic E-state index is 12.8. The number of nitrogens with zero attached hydrogens (tertiary/aromatic N) is 1. The second-order valence-electron chi connectivity index (χ2n) is 6.36. The summed E-state index contributed by atoms with van der Waals surface area (Å²) in [6, 6.07) is 9.12. The summed E-state index contributed by atoms with van der Waals surface area (Å²) in [5, 5.41) is 0. The molecule has 0 saturated carbocycles. The van der Waals surface area contributed by atoms with Crippen LogP contribution < -0.4 is 18.5 Å². The Morgan fingerprint density at radius 1 is 1.04 bits per heavy atom. The molecule has 10 heteroatoms. The molecule has 2 aromatic carbocycles. The number of nitrogens with one attached hydrogen (secondary N) is 1. The summed E-state index contributed by atoms with van der Waals surface area (Å²) >= 11 is 0. The van der Waals surface area contributed by atoms with Crippen LogP contribution in [0.4, 0.5) is 11.4 Å². The highest BCUT2D eigenvalue weighted by molar-refractivity contribution is 7.93. The van der Waals surface area contributed by atoms with Gasteiger partial charge >= 0.3 is 0 Å². The van der Waals surface area contributed by atoms with Crippen molar-refractivity contribution >= 4 is 31.4 Å². The van der Waals surface area contributed by atoms with E-state index in [9.17, 15) is 16.8 Å². The zero-order valence-electron chi connectivity index (χ0n) is 15.8. The van der Waals surface area contributed by atoms with Crippen molar-refractivity contribution in [3.05, 3.63) is 42.0 Å². The predicted octanol–water partition coefficient (Wildman–Crippen LogP) is 2.35. The minimum absolute atomic E-state index is 0.0621. The van der Waals surface area contributed by atoms with Gasteiger partial charge in [-0.2, -0.15) is 0 Å². The molecule has 1 fully saturated rings. The lowest BCUT2D eigenvalue weighted by Gasteiger charge is -2.19. The van der Waals surface area contributed by atoms with E-state index in [0.29, 0.717) is 30.0 Å². The summed E-state index contributed by atoms with van der Waals surface area (Å²) in [4.78, 5) is 0.0621. The number of ether oxygens (including phenoxy) is 2. The lowest BCUT2D eigenvalue weighted by Crippen LogP contribution is -2.25. The Labute approximate surface area is 165 Å². The van der Waals surface area contributed by atoms with Crippen molar-refractivity contribution in [3.63, 3.8) is 0 Å². The van der Waals surface area contributed by atoms with Crippen molar-refractivity contribution in [2.45, 2.75) is 18.2 Å². The molecule has 1 aliphatic heterocycles. The minimum atomic E-state index is -3.92. The maximum absolute atomic E-state index is 12.8. The van der Waals surface area contributed by atoms with E-state index in [2.05, 4.69) is 4.72 Å². The van der Waals surface area contributed by atoms with Crippen LogP contribution in [0.15, 0.2) is 41.3 Å². The van der Waals surface area contributed by atoms with Gasteiger partial charge in [-0.3, -0.25) is 9.03 Å². The molecule has 0 unspecified atom stereocenters. The van der Waals surface area contributed by atoms with Crippen LogP contribution in [-0.2, 0) is 20.0 Å². The highest BCUT2D eigenvalue weighted by Gasteiger charge is 2.29. The number of aryl methyl sites for hydroxylation is 1. The number of rotatable bonds is 6. The second-order valence-corrected chi connectivity index (χ2v) is 10.1. The SMILES string of the molecule is COc1ccc(S(=O)(=O)Nc2cc(N3CCCS3(=O)=O)ccc2OC)cc1C. The number of methoxy groups -OCH3 is 2. The summed E-state index contributed by atoms with van der Waals surface area (Å²) in [6.07, 6.45) is 0.528. The third kappa shape index (κ3) is 3.88. The molecular formula is C18H22N2O6S2. The number of hydrogen-bond donors (Lipinski definition) is 1. The van der Waals surface area contributed by atoms with Gasteiger partial charge in [0.25, 0.3) is 10.0 Å². The van der Waals surface area contributed by atoms with Gasteiger partial charge in [0.2, 0.25) is 10.0 Å². The quantitative estimate of drug-likeness (QED) is 0.761. The molecule has 2 aromatic rings. The van der Waals surface area contributed by atoms with Gasteiger partial charge in [-0.1, -0.05) is 0 Å². The lowest BCUT2D eigenvalue weighted by atomic mass is 10.2. The van der Waals surface area contributed by atoms with Gasteiger partial charge in [0.05, 0.1) is 36.2 Å². The summed E-state index contributed by atoms with van der Waals surface area (Å²) in [6.45, 7) is 2.11. The molecule has 1 N–H and O–H groups in total. The van der Waals surface area contributed by atoms with Gasteiger partial charge in [-0.05, 0) is 55.3 Å². The van der Waals surface area contributed by atoms with Crippen LogP contribution in [0.3, 0.4) is 0 Å². The normalized spacial score (nSPS) is 16.0. The maximum Gasteiger partial charge on any atom is 0.262 e. The zero-order chi connectivity index (χ0) is 20.5. The summed E-state index contributed by atoms with van der Waals surface area (Å²) < 4.78 is 64.2. The standard InChI is InChI=1S/C18H22N2O6S2/c1-13-11-15(6-8-17(13)25-2)28(23,24)19-16-12-14(5-7-18(16)26-3)20-9-4-10-27(20,21)22/h5-8,11-12,19H,4,9-10H2,1-3H3. The van der Waals surface area contributed by atoms with Crippen LogP contribution >= 0.6 is 0 Å². The lowest BCUT2D eigenvalue weighted by molar-refractivity contribution is 0.411. The fourth-order valence-corrected chi connectivity index (χ4v) is 5.78. The molecule has 8 nitrogen and oxygen atoms in total. The molecule has 28 heavy (non-hydrogen) atoms. The van der Waals surface area contributed by atoms with E-state index in [-0.39, 0.29) is 22.1 Å². The Balaban J connectivity index is 1.98. The van der Waals surface area contributed by atoms with Gasteiger partial charge < -0.3 is 9.47 Å². The van der Waals surface area contributed by atoms with Crippen molar-refractivity contribution in [1.82, 2.24) is 0 Å². The van der Waals surface area contributed by atoms with Crippen molar-refractivity contribution < 1.29 is 26.3 Å². The number of benzene rings is 2. The summed E-state index contributed by atoms with van der Waals surface area (Å²) in [5.41, 5.74) is 1.23. The Hall–Kier alpha value is -2.46. The summed E-state index contributed by atoms with van der Waals surface area (Å²) in [7, 11) is -4.38. The molecular weight excluding hydrogens is 404 g/mol. The minimum Gasteiger partial charge on any atom is -0.496 e. The molecule has 0 radical (unpaired) electrons. The Kier molecular flexibility index (Phi) is 5.44. The Bertz CT molecular complexity index is 1100. The van der Waals surface area contributed by atoms with E-state index in [0.717, 1.165) is 0 Å². The van der Waals surface area contributed by atoms with E-state index in [1.54, 1.807) is 25.1 Å². The van der Waals surface area contributed by atoms with E-state index in [1.165, 1.54) is 36.7 Å². The highest BCUT2D eigenvalue weighted by atomic mass is 32.2. The van der Waals surface area contributed by atoms with Crippen LogP contribution in [0.2, 0.25) is 0 Å². The molecule has 0 spiro atoms. The number of anilines is 2. The van der Waals surface area contributed by atoms with Crippen molar-refractivity contribution in [1.29, 1.82) is 0 Å². The number of sulfonamides is 2. The molecule has 0 atom stereocenters. The van der Waals surface area contributed by atoms with Crippen LogP contribution in [0.1, 0.15) is 12.0 Å². The van der Waals surface area contributed by atoms with Crippen LogP contribution in [0, 0.1) is 6.92 Å². The summed E-state index contributed by atoms with van der Waals surface area (Å²) in [5.74, 6) is 0.942. The smallest absolute Gasteiger partial charge is 0.262 e. The third-order valence-corrected chi connectivity index (χ3v) is 7.72. The molecule has 1 aliphatic rings. The Morgan fingerprint density at radius 3 is 2.29 bits per heavy atom. The molecule has 3 rings (SSSR count). The van der Waals surface area contributed by atoms with E-state index >= 15 is 0 Å². The van der Waals surface area contributed by atoms with Gasteiger partial charge in [0.15, 0.2) is 0 Å². The van der Waals surface area contributed by atoms with Crippen LogP contribution in [0.25, 0.3) is 0 Å². The van der Waals surface area contributed by atoms with Gasteiger partial charge in [-0.15, -0.1) is 0 Å². The zero-order valence-corrected chi connectivity index (χ0v) is 17.4. The first-order valence-electron chi connectivity index (χ1n) is 8.54. The second kappa shape index (κ2) is 7.51. The third-order valence-electron chi connectivity index (χ3n) is 4.49. The van der Waals surface area contributed by atoms with Crippen LogP contribution in [-0.4, -0.2) is 43.4 Å². The Morgan fingerprint density at radius 2 is 1.71 bits per heavy atom. The molecule has 0 aliphatic carbocycles. The fourth-order valence-electron chi connectivity index (χ4n) is 3.08. The fraction of sp³-hybridized carbons (Fsp3) is 0.333. The molecule has 0 bridgehead atoms. The molecule has 152 valence electrons.